The van der Waals surface area contributed by atoms with Crippen LogP contribution in [0.15, 0.2) is 54.9 Å². The molecule has 0 aliphatic carbocycles. The first-order valence-corrected chi connectivity index (χ1v) is 11.0. The average molecular weight is 429 g/mol. The Morgan fingerprint density at radius 3 is 2.19 bits per heavy atom. The van der Waals surface area contributed by atoms with Gasteiger partial charge in [0, 0.05) is 42.2 Å². The van der Waals surface area contributed by atoms with E-state index in [2.05, 4.69) is 15.3 Å². The summed E-state index contributed by atoms with van der Waals surface area (Å²) in [7, 11) is 0. The minimum absolute atomic E-state index is 0.0227. The number of rotatable bonds is 5. The fourth-order valence-electron chi connectivity index (χ4n) is 3.89. The Morgan fingerprint density at radius 2 is 1.53 bits per heavy atom. The van der Waals surface area contributed by atoms with Crippen molar-refractivity contribution in [3.63, 3.8) is 0 Å². The van der Waals surface area contributed by atoms with Gasteiger partial charge in [-0.15, -0.1) is 0 Å². The number of carbonyl (C=O) groups excluding carboxylic acids is 2. The molecule has 4 rings (SSSR count). The standard InChI is InChI=1S/C26H28N4O2/c1-17-6-8-20(9-7-17)21-12-22(14-23(13-21)26(32)30-10-4-5-11-30)25(31)29-18(2)24-15-27-19(3)28-16-24/h6-9,12-16,18H,4-5,10-11H2,1-3H3,(H,29,31)/t18-/m0/s1. The topological polar surface area (TPSA) is 75.2 Å². The Morgan fingerprint density at radius 1 is 0.906 bits per heavy atom. The summed E-state index contributed by atoms with van der Waals surface area (Å²) in [5, 5.41) is 3.01. The molecule has 6 heteroatoms. The quantitative estimate of drug-likeness (QED) is 0.650. The Balaban J connectivity index is 1.66. The second kappa shape index (κ2) is 9.30. The molecule has 1 saturated heterocycles. The highest BCUT2D eigenvalue weighted by molar-refractivity contribution is 6.01. The molecule has 0 unspecified atom stereocenters. The van der Waals surface area contributed by atoms with E-state index in [0.29, 0.717) is 17.0 Å². The van der Waals surface area contributed by atoms with Crippen molar-refractivity contribution >= 4 is 11.8 Å². The van der Waals surface area contributed by atoms with E-state index in [0.717, 1.165) is 48.2 Å². The third-order valence-corrected chi connectivity index (χ3v) is 5.87. The third kappa shape index (κ3) is 4.85. The average Bonchev–Trinajstić information content (AvgIpc) is 3.34. The van der Waals surface area contributed by atoms with Crippen molar-refractivity contribution in [3.05, 3.63) is 82.9 Å². The molecule has 2 aromatic carbocycles. The van der Waals surface area contributed by atoms with Crippen molar-refractivity contribution in [2.24, 2.45) is 0 Å². The number of benzene rings is 2. The molecule has 1 fully saturated rings. The summed E-state index contributed by atoms with van der Waals surface area (Å²) >= 11 is 0. The second-order valence-electron chi connectivity index (χ2n) is 8.42. The molecule has 0 spiro atoms. The summed E-state index contributed by atoms with van der Waals surface area (Å²) in [6, 6.07) is 13.3. The molecular formula is C26H28N4O2. The Labute approximate surface area is 188 Å². The van der Waals surface area contributed by atoms with Gasteiger partial charge in [0.15, 0.2) is 0 Å². The van der Waals surface area contributed by atoms with Crippen LogP contribution in [0.2, 0.25) is 0 Å². The molecule has 32 heavy (non-hydrogen) atoms. The SMILES string of the molecule is Cc1ccc(-c2cc(C(=O)N[C@@H](C)c3cnc(C)nc3)cc(C(=O)N3CCCC3)c2)cc1. The number of amides is 2. The molecule has 2 heterocycles. The van der Waals surface area contributed by atoms with Crippen molar-refractivity contribution in [1.29, 1.82) is 0 Å². The van der Waals surface area contributed by atoms with Gasteiger partial charge in [-0.3, -0.25) is 9.59 Å². The van der Waals surface area contributed by atoms with E-state index in [9.17, 15) is 9.59 Å². The first-order chi connectivity index (χ1) is 15.4. The van der Waals surface area contributed by atoms with E-state index in [1.54, 1.807) is 18.5 Å². The molecule has 0 radical (unpaired) electrons. The second-order valence-corrected chi connectivity index (χ2v) is 8.42. The predicted octanol–water partition coefficient (Wildman–Crippen LogP) is 4.49. The molecule has 2 amide bonds. The van der Waals surface area contributed by atoms with Gasteiger partial charge in [0.2, 0.25) is 0 Å². The minimum atomic E-state index is -0.260. The summed E-state index contributed by atoms with van der Waals surface area (Å²) in [6.45, 7) is 7.28. The molecule has 0 saturated carbocycles. The van der Waals surface area contributed by atoms with Crippen molar-refractivity contribution in [1.82, 2.24) is 20.2 Å². The third-order valence-electron chi connectivity index (χ3n) is 5.87. The maximum atomic E-state index is 13.2. The van der Waals surface area contributed by atoms with Gasteiger partial charge in [-0.2, -0.15) is 0 Å². The number of hydrogen-bond donors (Lipinski definition) is 1. The molecule has 0 bridgehead atoms. The number of nitrogens with zero attached hydrogens (tertiary/aromatic N) is 3. The first-order valence-electron chi connectivity index (χ1n) is 11.0. The maximum Gasteiger partial charge on any atom is 0.253 e. The van der Waals surface area contributed by atoms with Crippen LogP contribution in [-0.4, -0.2) is 39.8 Å². The van der Waals surface area contributed by atoms with Gasteiger partial charge >= 0.3 is 0 Å². The van der Waals surface area contributed by atoms with Crippen LogP contribution in [0.4, 0.5) is 0 Å². The van der Waals surface area contributed by atoms with E-state index in [-0.39, 0.29) is 17.9 Å². The minimum Gasteiger partial charge on any atom is -0.345 e. The normalized spacial score (nSPS) is 14.3. The fourth-order valence-corrected chi connectivity index (χ4v) is 3.89. The number of hydrogen-bond acceptors (Lipinski definition) is 4. The van der Waals surface area contributed by atoms with Gasteiger partial charge in [-0.05, 0) is 62.9 Å². The van der Waals surface area contributed by atoms with Crippen LogP contribution in [0.5, 0.6) is 0 Å². The highest BCUT2D eigenvalue weighted by Gasteiger charge is 2.22. The summed E-state index contributed by atoms with van der Waals surface area (Å²) in [6.07, 6.45) is 5.48. The number of aryl methyl sites for hydroxylation is 2. The van der Waals surface area contributed by atoms with Crippen LogP contribution in [0.25, 0.3) is 11.1 Å². The number of nitrogens with one attached hydrogen (secondary N) is 1. The summed E-state index contributed by atoms with van der Waals surface area (Å²) in [5.41, 5.74) is 4.82. The number of likely N-dealkylation sites (tertiary alicyclic amines) is 1. The lowest BCUT2D eigenvalue weighted by Crippen LogP contribution is -2.29. The van der Waals surface area contributed by atoms with Crippen molar-refractivity contribution < 1.29 is 9.59 Å². The van der Waals surface area contributed by atoms with Crippen LogP contribution >= 0.6 is 0 Å². The number of carbonyl (C=O) groups is 2. The largest absolute Gasteiger partial charge is 0.345 e. The van der Waals surface area contributed by atoms with Crippen molar-refractivity contribution in [2.45, 2.75) is 39.7 Å². The molecule has 3 aromatic rings. The smallest absolute Gasteiger partial charge is 0.253 e. The van der Waals surface area contributed by atoms with E-state index in [4.69, 9.17) is 0 Å². The molecule has 1 N–H and O–H groups in total. The Kier molecular flexibility index (Phi) is 6.30. The molecule has 1 aromatic heterocycles. The zero-order valence-electron chi connectivity index (χ0n) is 18.8. The van der Waals surface area contributed by atoms with Crippen molar-refractivity contribution in [3.8, 4) is 11.1 Å². The van der Waals surface area contributed by atoms with Gasteiger partial charge in [-0.1, -0.05) is 29.8 Å². The Bertz CT molecular complexity index is 1120. The van der Waals surface area contributed by atoms with Crippen LogP contribution in [0.1, 0.15) is 63.5 Å². The molecule has 1 aliphatic rings. The van der Waals surface area contributed by atoms with Crippen LogP contribution < -0.4 is 5.32 Å². The molecule has 1 atom stereocenters. The van der Waals surface area contributed by atoms with E-state index in [1.165, 1.54) is 0 Å². The van der Waals surface area contributed by atoms with Crippen molar-refractivity contribution in [2.75, 3.05) is 13.1 Å². The lowest BCUT2D eigenvalue weighted by Gasteiger charge is -2.18. The maximum absolute atomic E-state index is 13.2. The van der Waals surface area contributed by atoms with Crippen LogP contribution in [0.3, 0.4) is 0 Å². The van der Waals surface area contributed by atoms with E-state index in [1.807, 2.05) is 62.1 Å². The zero-order chi connectivity index (χ0) is 22.7. The van der Waals surface area contributed by atoms with Gasteiger partial charge in [0.05, 0.1) is 6.04 Å². The molecule has 6 nitrogen and oxygen atoms in total. The van der Waals surface area contributed by atoms with E-state index < -0.39 is 0 Å². The number of aromatic nitrogens is 2. The molecular weight excluding hydrogens is 400 g/mol. The lowest BCUT2D eigenvalue weighted by molar-refractivity contribution is 0.0793. The highest BCUT2D eigenvalue weighted by atomic mass is 16.2. The molecule has 164 valence electrons. The van der Waals surface area contributed by atoms with Crippen LogP contribution in [0, 0.1) is 13.8 Å². The van der Waals surface area contributed by atoms with Crippen LogP contribution in [-0.2, 0) is 0 Å². The summed E-state index contributed by atoms with van der Waals surface area (Å²) < 4.78 is 0. The predicted molar refractivity (Wildman–Crippen MR) is 124 cm³/mol. The van der Waals surface area contributed by atoms with Gasteiger partial charge in [0.1, 0.15) is 5.82 Å². The highest BCUT2D eigenvalue weighted by Crippen LogP contribution is 2.25. The first kappa shape index (κ1) is 21.7. The van der Waals surface area contributed by atoms with Gasteiger partial charge < -0.3 is 10.2 Å². The zero-order valence-corrected chi connectivity index (χ0v) is 18.8. The van der Waals surface area contributed by atoms with Gasteiger partial charge in [0.25, 0.3) is 11.8 Å². The van der Waals surface area contributed by atoms with E-state index >= 15 is 0 Å². The Hall–Kier alpha value is -3.54. The summed E-state index contributed by atoms with van der Waals surface area (Å²) in [5.74, 6) is 0.427. The lowest BCUT2D eigenvalue weighted by atomic mass is 9.98. The monoisotopic (exact) mass is 428 g/mol. The van der Waals surface area contributed by atoms with Gasteiger partial charge in [-0.25, -0.2) is 9.97 Å². The fraction of sp³-hybridized carbons (Fsp3) is 0.308. The molecule has 1 aliphatic heterocycles. The summed E-state index contributed by atoms with van der Waals surface area (Å²) in [4.78, 5) is 36.5.